The SMILES string of the molecule is C=Ic1ccc(NC(=O)N2CC=CC2)cc1C(=O)CBr. The minimum absolute atomic E-state index is 0.0160. The van der Waals surface area contributed by atoms with E-state index in [0.717, 1.165) is 3.57 Å². The lowest BCUT2D eigenvalue weighted by Crippen LogP contribution is -2.32. The molecule has 0 saturated heterocycles. The highest BCUT2D eigenvalue weighted by molar-refractivity contribution is 14.2. The number of amides is 2. The second-order valence-corrected chi connectivity index (χ2v) is 6.68. The second-order valence-electron chi connectivity index (χ2n) is 4.19. The molecule has 0 fully saturated rings. The Morgan fingerprint density at radius 1 is 1.35 bits per heavy atom. The van der Waals surface area contributed by atoms with Gasteiger partial charge in [0.2, 0.25) is 0 Å². The minimum Gasteiger partial charge on any atom is -0.317 e. The van der Waals surface area contributed by atoms with E-state index in [4.69, 9.17) is 0 Å². The van der Waals surface area contributed by atoms with Crippen molar-refractivity contribution >= 4 is 58.7 Å². The number of alkyl halides is 1. The van der Waals surface area contributed by atoms with Crippen LogP contribution < -0.4 is 5.32 Å². The van der Waals surface area contributed by atoms with E-state index < -0.39 is 20.7 Å². The van der Waals surface area contributed by atoms with Gasteiger partial charge in [0, 0.05) is 27.9 Å². The summed E-state index contributed by atoms with van der Waals surface area (Å²) in [5, 5.41) is 3.10. The molecule has 0 radical (unpaired) electrons. The summed E-state index contributed by atoms with van der Waals surface area (Å²) in [7, 11) is 0. The third-order valence-electron chi connectivity index (χ3n) is 2.89. The summed E-state index contributed by atoms with van der Waals surface area (Å²) in [6.07, 6.45) is 3.91. The van der Waals surface area contributed by atoms with E-state index in [2.05, 4.69) is 25.8 Å². The third kappa shape index (κ3) is 3.54. The molecule has 20 heavy (non-hydrogen) atoms. The summed E-state index contributed by atoms with van der Waals surface area (Å²) in [4.78, 5) is 25.6. The van der Waals surface area contributed by atoms with Gasteiger partial charge in [0.15, 0.2) is 5.78 Å². The molecule has 1 aromatic carbocycles. The summed E-state index contributed by atoms with van der Waals surface area (Å²) in [6.45, 7) is 1.25. The first kappa shape index (κ1) is 15.4. The summed E-state index contributed by atoms with van der Waals surface area (Å²) in [6, 6.07) is 5.30. The second kappa shape index (κ2) is 7.12. The number of urea groups is 1. The van der Waals surface area contributed by atoms with Gasteiger partial charge in [-0.1, -0.05) is 53.3 Å². The number of Topliss-reactive ketones (excluding diaryl/α,β-unsaturated/α-hetero) is 1. The molecule has 1 N–H and O–H groups in total. The molecule has 0 saturated carbocycles. The maximum Gasteiger partial charge on any atom is 0.322 e. The van der Waals surface area contributed by atoms with Gasteiger partial charge in [0.05, 0.1) is 5.33 Å². The van der Waals surface area contributed by atoms with Crippen molar-refractivity contribution < 1.29 is 9.59 Å². The van der Waals surface area contributed by atoms with Gasteiger partial charge in [-0.05, 0) is 18.2 Å². The number of halogens is 2. The molecule has 0 unspecified atom stereocenters. The average Bonchev–Trinajstić information content (AvgIpc) is 3.00. The molecule has 0 aromatic heterocycles. The van der Waals surface area contributed by atoms with Crippen molar-refractivity contribution in [2.75, 3.05) is 23.7 Å². The number of benzene rings is 1. The van der Waals surface area contributed by atoms with Crippen LogP contribution in [0, 0.1) is 3.57 Å². The van der Waals surface area contributed by atoms with Crippen LogP contribution >= 0.6 is 36.7 Å². The van der Waals surface area contributed by atoms with Gasteiger partial charge in [-0.2, -0.15) is 0 Å². The first-order valence-corrected chi connectivity index (χ1v) is 9.71. The highest BCUT2D eigenvalue weighted by atomic mass is 127. The van der Waals surface area contributed by atoms with E-state index in [1.807, 2.05) is 24.3 Å². The lowest BCUT2D eigenvalue weighted by atomic mass is 10.1. The number of carbonyl (C=O) groups is 2. The molecule has 0 spiro atoms. The largest absolute Gasteiger partial charge is 0.322 e. The van der Waals surface area contributed by atoms with Gasteiger partial charge in [0.1, 0.15) is 0 Å². The van der Waals surface area contributed by atoms with E-state index in [1.165, 1.54) is 0 Å². The monoisotopic (exact) mass is 448 g/mol. The molecular weight excluding hydrogens is 435 g/mol. The van der Waals surface area contributed by atoms with Crippen molar-refractivity contribution in [1.82, 2.24) is 4.90 Å². The van der Waals surface area contributed by atoms with Crippen LogP contribution in [0.1, 0.15) is 10.4 Å². The van der Waals surface area contributed by atoms with Gasteiger partial charge < -0.3 is 10.2 Å². The maximum atomic E-state index is 12.0. The Morgan fingerprint density at radius 2 is 2.05 bits per heavy atom. The van der Waals surface area contributed by atoms with Gasteiger partial charge >= 0.3 is 6.03 Å². The van der Waals surface area contributed by atoms with Crippen LogP contribution in [0.3, 0.4) is 0 Å². The van der Waals surface area contributed by atoms with E-state index in [9.17, 15) is 9.59 Å². The smallest absolute Gasteiger partial charge is 0.317 e. The fourth-order valence-electron chi connectivity index (χ4n) is 1.85. The highest BCUT2D eigenvalue weighted by Crippen LogP contribution is 2.22. The molecule has 0 atom stereocenters. The number of carbonyl (C=O) groups excluding carboxylic acids is 2. The third-order valence-corrected chi connectivity index (χ3v) is 5.16. The molecule has 1 aromatic rings. The number of hydrogen-bond donors (Lipinski definition) is 1. The predicted octanol–water partition coefficient (Wildman–Crippen LogP) is 3.24. The van der Waals surface area contributed by atoms with E-state index >= 15 is 0 Å². The van der Waals surface area contributed by atoms with Gasteiger partial charge in [0.25, 0.3) is 0 Å². The highest BCUT2D eigenvalue weighted by Gasteiger charge is 2.15. The Balaban J connectivity index is 2.18. The Bertz CT molecular complexity index is 579. The number of ketones is 1. The van der Waals surface area contributed by atoms with E-state index in [1.54, 1.807) is 11.0 Å². The fraction of sp³-hybridized carbons (Fsp3) is 0.214. The lowest BCUT2D eigenvalue weighted by Gasteiger charge is -2.17. The van der Waals surface area contributed by atoms with E-state index in [0.29, 0.717) is 24.3 Å². The fourth-order valence-corrected chi connectivity index (χ4v) is 3.46. The van der Waals surface area contributed by atoms with E-state index in [-0.39, 0.29) is 17.1 Å². The Morgan fingerprint density at radius 3 is 2.65 bits per heavy atom. The minimum atomic E-state index is -0.420. The number of hydrogen-bond acceptors (Lipinski definition) is 2. The number of anilines is 1. The zero-order valence-corrected chi connectivity index (χ0v) is 14.5. The number of nitrogens with one attached hydrogen (secondary N) is 1. The molecule has 1 heterocycles. The predicted molar refractivity (Wildman–Crippen MR) is 94.1 cm³/mol. The van der Waals surface area contributed by atoms with Gasteiger partial charge in [-0.25, -0.2) is 4.79 Å². The first-order chi connectivity index (χ1) is 9.65. The zero-order chi connectivity index (χ0) is 14.5. The first-order valence-electron chi connectivity index (χ1n) is 5.98. The maximum absolute atomic E-state index is 12.0. The molecule has 1 aliphatic heterocycles. The summed E-state index contributed by atoms with van der Waals surface area (Å²) >= 11 is 2.76. The number of nitrogens with zero attached hydrogens (tertiary/aromatic N) is 1. The molecule has 1 aliphatic rings. The average molecular weight is 449 g/mol. The van der Waals surface area contributed by atoms with Crippen molar-refractivity contribution in [2.24, 2.45) is 0 Å². The van der Waals surface area contributed by atoms with Crippen molar-refractivity contribution in [3.63, 3.8) is 0 Å². The Kier molecular flexibility index (Phi) is 5.47. The standard InChI is InChI=1S/C14H14BrIN2O2/c1-16-12-5-4-10(8-11(12)13(19)9-15)17-14(20)18-6-2-3-7-18/h2-5,8H,1,6-7,9H2,(H,17,20). The Labute approximate surface area is 136 Å². The summed E-state index contributed by atoms with van der Waals surface area (Å²) in [5.41, 5.74) is 1.30. The van der Waals surface area contributed by atoms with Crippen molar-refractivity contribution in [1.29, 1.82) is 0 Å². The topological polar surface area (TPSA) is 49.4 Å². The lowest BCUT2D eigenvalue weighted by molar-refractivity contribution is 0.102. The molecule has 2 rings (SSSR count). The Hall–Kier alpha value is -1.02. The summed E-state index contributed by atoms with van der Waals surface area (Å²) < 4.78 is 4.92. The molecule has 0 bridgehead atoms. The van der Waals surface area contributed by atoms with Crippen LogP contribution in [0.5, 0.6) is 0 Å². The van der Waals surface area contributed by atoms with Crippen molar-refractivity contribution in [3.8, 4) is 0 Å². The van der Waals surface area contributed by atoms with Crippen LogP contribution in [0.2, 0.25) is 0 Å². The zero-order valence-electron chi connectivity index (χ0n) is 10.7. The quantitative estimate of drug-likeness (QED) is 0.332. The van der Waals surface area contributed by atoms with Crippen LogP contribution in [-0.4, -0.2) is 39.6 Å². The molecule has 2 amide bonds. The van der Waals surface area contributed by atoms with Crippen molar-refractivity contribution in [3.05, 3.63) is 39.5 Å². The van der Waals surface area contributed by atoms with Gasteiger partial charge in [-0.3, -0.25) is 4.79 Å². The van der Waals surface area contributed by atoms with Crippen LogP contribution in [0.4, 0.5) is 10.5 Å². The normalized spacial score (nSPS) is 13.6. The van der Waals surface area contributed by atoms with Crippen LogP contribution in [0.25, 0.3) is 0 Å². The number of rotatable bonds is 4. The van der Waals surface area contributed by atoms with Gasteiger partial charge in [-0.15, -0.1) is 0 Å². The molecular formula is C14H14BrIN2O2. The summed E-state index contributed by atoms with van der Waals surface area (Å²) in [5.74, 6) is 0.0160. The molecule has 4 nitrogen and oxygen atoms in total. The molecule has 106 valence electrons. The van der Waals surface area contributed by atoms with Crippen LogP contribution in [0.15, 0.2) is 30.4 Å². The molecule has 6 heteroatoms. The molecule has 0 aliphatic carbocycles. The van der Waals surface area contributed by atoms with Crippen molar-refractivity contribution in [2.45, 2.75) is 0 Å². The van der Waals surface area contributed by atoms with Crippen LogP contribution in [-0.2, 0) is 0 Å².